The van der Waals surface area contributed by atoms with Crippen LogP contribution in [0.15, 0.2) is 42.5 Å². The Balaban J connectivity index is 2.48. The van der Waals surface area contributed by atoms with E-state index in [0.717, 1.165) is 17.4 Å². The van der Waals surface area contributed by atoms with Crippen LogP contribution >= 0.6 is 0 Å². The Bertz CT molecular complexity index is 556. The number of benzene rings is 2. The van der Waals surface area contributed by atoms with Crippen molar-refractivity contribution in [3.05, 3.63) is 59.4 Å². The first-order chi connectivity index (χ1) is 8.61. The van der Waals surface area contributed by atoms with Crippen LogP contribution in [-0.2, 0) is 0 Å². The van der Waals surface area contributed by atoms with Crippen molar-refractivity contribution in [2.24, 2.45) is 0 Å². The van der Waals surface area contributed by atoms with Crippen LogP contribution in [0.25, 0.3) is 11.1 Å². The summed E-state index contributed by atoms with van der Waals surface area (Å²) in [7, 11) is 0. The smallest absolute Gasteiger partial charge is 0.150 e. The summed E-state index contributed by atoms with van der Waals surface area (Å²) in [4.78, 5) is 10.6. The zero-order valence-corrected chi connectivity index (χ0v) is 10.5. The minimum atomic E-state index is -0.238. The minimum absolute atomic E-state index is 0.238. The van der Waals surface area contributed by atoms with Crippen molar-refractivity contribution in [1.29, 1.82) is 0 Å². The molecule has 0 unspecified atom stereocenters. The first-order valence-corrected chi connectivity index (χ1v) is 5.97. The monoisotopic (exact) mass is 242 g/mol. The second kappa shape index (κ2) is 5.13. The zero-order chi connectivity index (χ0) is 13.1. The summed E-state index contributed by atoms with van der Waals surface area (Å²) in [6, 6.07) is 12.1. The largest absolute Gasteiger partial charge is 0.298 e. The Morgan fingerprint density at radius 2 is 1.72 bits per heavy atom. The Hall–Kier alpha value is -1.96. The van der Waals surface area contributed by atoms with Gasteiger partial charge in [0.25, 0.3) is 0 Å². The number of carbonyl (C=O) groups is 1. The summed E-state index contributed by atoms with van der Waals surface area (Å²) in [6.07, 6.45) is 0.782. The molecule has 0 atom stereocenters. The summed E-state index contributed by atoms with van der Waals surface area (Å²) in [6.45, 7) is 4.15. The number of carbonyl (C=O) groups excluding carboxylic acids is 1. The molecule has 2 rings (SSSR count). The van der Waals surface area contributed by atoms with E-state index in [0.29, 0.717) is 17.0 Å². The highest BCUT2D eigenvalue weighted by Crippen LogP contribution is 2.27. The molecule has 18 heavy (non-hydrogen) atoms. The van der Waals surface area contributed by atoms with Crippen molar-refractivity contribution in [2.75, 3.05) is 0 Å². The van der Waals surface area contributed by atoms with Gasteiger partial charge in [-0.3, -0.25) is 4.79 Å². The van der Waals surface area contributed by atoms with Gasteiger partial charge >= 0.3 is 0 Å². The van der Waals surface area contributed by atoms with E-state index < -0.39 is 0 Å². The maximum atomic E-state index is 13.8. The molecule has 2 aromatic rings. The molecule has 0 aliphatic carbocycles. The predicted molar refractivity (Wildman–Crippen MR) is 71.3 cm³/mol. The molecular weight excluding hydrogens is 227 g/mol. The Labute approximate surface area is 106 Å². The standard InChI is InChI=1S/C16H15FO/c1-11(2)14-7-8-16(17)15(9-14)13-5-3-12(10-18)4-6-13/h3-11H,1-2H3. The van der Waals surface area contributed by atoms with Crippen molar-refractivity contribution in [3.63, 3.8) is 0 Å². The van der Waals surface area contributed by atoms with E-state index in [1.807, 2.05) is 12.1 Å². The second-order valence-electron chi connectivity index (χ2n) is 4.63. The van der Waals surface area contributed by atoms with Crippen molar-refractivity contribution in [2.45, 2.75) is 19.8 Å². The maximum absolute atomic E-state index is 13.8. The van der Waals surface area contributed by atoms with Crippen molar-refractivity contribution in [3.8, 4) is 11.1 Å². The lowest BCUT2D eigenvalue weighted by atomic mass is 9.96. The van der Waals surface area contributed by atoms with E-state index in [1.54, 1.807) is 24.3 Å². The molecule has 1 nitrogen and oxygen atoms in total. The highest BCUT2D eigenvalue weighted by atomic mass is 19.1. The van der Waals surface area contributed by atoms with Crippen LogP contribution in [-0.4, -0.2) is 6.29 Å². The predicted octanol–water partition coefficient (Wildman–Crippen LogP) is 4.43. The van der Waals surface area contributed by atoms with Gasteiger partial charge < -0.3 is 0 Å². The summed E-state index contributed by atoms with van der Waals surface area (Å²) in [5.41, 5.74) is 3.07. The molecule has 0 saturated carbocycles. The van der Waals surface area contributed by atoms with Gasteiger partial charge in [-0.1, -0.05) is 44.2 Å². The van der Waals surface area contributed by atoms with E-state index in [4.69, 9.17) is 0 Å². The third-order valence-corrected chi connectivity index (χ3v) is 3.01. The SMILES string of the molecule is CC(C)c1ccc(F)c(-c2ccc(C=O)cc2)c1. The van der Waals surface area contributed by atoms with Crippen LogP contribution in [0, 0.1) is 5.82 Å². The van der Waals surface area contributed by atoms with Crippen molar-refractivity contribution >= 4 is 6.29 Å². The maximum Gasteiger partial charge on any atom is 0.150 e. The third-order valence-electron chi connectivity index (χ3n) is 3.01. The highest BCUT2D eigenvalue weighted by molar-refractivity contribution is 5.77. The molecule has 0 amide bonds. The first-order valence-electron chi connectivity index (χ1n) is 5.97. The van der Waals surface area contributed by atoms with Crippen molar-refractivity contribution < 1.29 is 9.18 Å². The zero-order valence-electron chi connectivity index (χ0n) is 10.5. The van der Waals surface area contributed by atoms with E-state index >= 15 is 0 Å². The Morgan fingerprint density at radius 1 is 1.06 bits per heavy atom. The average molecular weight is 242 g/mol. The van der Waals surface area contributed by atoms with Gasteiger partial charge in [0.2, 0.25) is 0 Å². The Morgan fingerprint density at radius 3 is 2.28 bits per heavy atom. The number of aldehydes is 1. The van der Waals surface area contributed by atoms with Crippen LogP contribution < -0.4 is 0 Å². The van der Waals surface area contributed by atoms with E-state index in [9.17, 15) is 9.18 Å². The molecule has 0 heterocycles. The molecule has 0 aromatic heterocycles. The van der Waals surface area contributed by atoms with Gasteiger partial charge in [-0.25, -0.2) is 4.39 Å². The lowest BCUT2D eigenvalue weighted by Crippen LogP contribution is -1.91. The van der Waals surface area contributed by atoms with Crippen molar-refractivity contribution in [1.82, 2.24) is 0 Å². The summed E-state index contributed by atoms with van der Waals surface area (Å²) < 4.78 is 13.8. The fourth-order valence-corrected chi connectivity index (χ4v) is 1.86. The van der Waals surface area contributed by atoms with E-state index in [-0.39, 0.29) is 5.82 Å². The molecular formula is C16H15FO. The molecule has 0 spiro atoms. The number of hydrogen-bond donors (Lipinski definition) is 0. The Kier molecular flexibility index (Phi) is 3.56. The van der Waals surface area contributed by atoms with Gasteiger partial charge in [-0.05, 0) is 29.2 Å². The summed E-state index contributed by atoms with van der Waals surface area (Å²) in [5, 5.41) is 0. The minimum Gasteiger partial charge on any atom is -0.298 e. The van der Waals surface area contributed by atoms with Crippen LogP contribution in [0.2, 0.25) is 0 Å². The molecule has 92 valence electrons. The van der Waals surface area contributed by atoms with Gasteiger partial charge in [0.05, 0.1) is 0 Å². The topological polar surface area (TPSA) is 17.1 Å². The van der Waals surface area contributed by atoms with Crippen LogP contribution in [0.1, 0.15) is 35.7 Å². The van der Waals surface area contributed by atoms with Crippen LogP contribution in [0.3, 0.4) is 0 Å². The van der Waals surface area contributed by atoms with Gasteiger partial charge in [-0.2, -0.15) is 0 Å². The molecule has 0 bridgehead atoms. The fourth-order valence-electron chi connectivity index (χ4n) is 1.86. The van der Waals surface area contributed by atoms with Gasteiger partial charge in [-0.15, -0.1) is 0 Å². The van der Waals surface area contributed by atoms with Crippen LogP contribution in [0.4, 0.5) is 4.39 Å². The lowest BCUT2D eigenvalue weighted by Gasteiger charge is -2.09. The molecule has 0 fully saturated rings. The quantitative estimate of drug-likeness (QED) is 0.728. The average Bonchev–Trinajstić information content (AvgIpc) is 2.39. The number of hydrogen-bond acceptors (Lipinski definition) is 1. The highest BCUT2D eigenvalue weighted by Gasteiger charge is 2.08. The fraction of sp³-hybridized carbons (Fsp3) is 0.188. The van der Waals surface area contributed by atoms with E-state index in [1.165, 1.54) is 6.07 Å². The lowest BCUT2D eigenvalue weighted by molar-refractivity contribution is 0.112. The molecule has 0 aliphatic heterocycles. The first kappa shape index (κ1) is 12.5. The van der Waals surface area contributed by atoms with E-state index in [2.05, 4.69) is 13.8 Å². The van der Waals surface area contributed by atoms with Gasteiger partial charge in [0, 0.05) is 11.1 Å². The van der Waals surface area contributed by atoms with Crippen LogP contribution in [0.5, 0.6) is 0 Å². The summed E-state index contributed by atoms with van der Waals surface area (Å²) >= 11 is 0. The van der Waals surface area contributed by atoms with Gasteiger partial charge in [0.1, 0.15) is 12.1 Å². The molecule has 0 N–H and O–H groups in total. The molecule has 2 heteroatoms. The normalized spacial score (nSPS) is 10.7. The molecule has 0 aliphatic rings. The molecule has 0 saturated heterocycles. The third kappa shape index (κ3) is 2.48. The summed E-state index contributed by atoms with van der Waals surface area (Å²) in [5.74, 6) is 0.122. The molecule has 2 aromatic carbocycles. The second-order valence-corrected chi connectivity index (χ2v) is 4.63. The number of rotatable bonds is 3. The molecule has 0 radical (unpaired) electrons. The van der Waals surface area contributed by atoms with Gasteiger partial charge in [0.15, 0.2) is 0 Å². The number of halogens is 1.